The van der Waals surface area contributed by atoms with Gasteiger partial charge in [-0.2, -0.15) is 0 Å². The van der Waals surface area contributed by atoms with Gasteiger partial charge in [0, 0.05) is 45.3 Å². The molecule has 6 nitrogen and oxygen atoms in total. The number of aliphatic imine (C=N–C) groups is 1. The molecular weight excluding hydrogens is 393 g/mol. The number of nitrogens with zero attached hydrogens (tertiary/aromatic N) is 3. The molecule has 1 heterocycles. The van der Waals surface area contributed by atoms with Crippen LogP contribution in [0.1, 0.15) is 33.1 Å². The van der Waals surface area contributed by atoms with Crippen LogP contribution in [0.25, 0.3) is 0 Å². The summed E-state index contributed by atoms with van der Waals surface area (Å²) >= 11 is 0. The Morgan fingerprint density at radius 3 is 2.59 bits per heavy atom. The molecule has 1 saturated heterocycles. The fourth-order valence-electron chi connectivity index (χ4n) is 2.88. The van der Waals surface area contributed by atoms with Crippen LogP contribution >= 0.6 is 24.0 Å². The van der Waals surface area contributed by atoms with E-state index >= 15 is 0 Å². The van der Waals surface area contributed by atoms with E-state index < -0.39 is 0 Å². The Bertz CT molecular complexity index is 397. The molecule has 1 aliphatic carbocycles. The van der Waals surface area contributed by atoms with Crippen LogP contribution in [-0.4, -0.2) is 73.5 Å². The molecule has 2 atom stereocenters. The minimum absolute atomic E-state index is 0. The predicted octanol–water partition coefficient (Wildman–Crippen LogP) is 0.873. The first-order chi connectivity index (χ1) is 10.0. The summed E-state index contributed by atoms with van der Waals surface area (Å²) in [6.07, 6.45) is 3.84. The highest BCUT2D eigenvalue weighted by molar-refractivity contribution is 14.0. The van der Waals surface area contributed by atoms with Crippen LogP contribution in [0.4, 0.5) is 0 Å². The molecule has 22 heavy (non-hydrogen) atoms. The molecule has 0 bridgehead atoms. The lowest BCUT2D eigenvalue weighted by Gasteiger charge is -2.20. The van der Waals surface area contributed by atoms with E-state index in [1.54, 1.807) is 19.0 Å². The van der Waals surface area contributed by atoms with Gasteiger partial charge in [-0.3, -0.25) is 9.69 Å². The van der Waals surface area contributed by atoms with Crippen LogP contribution in [0.15, 0.2) is 4.99 Å². The largest absolute Gasteiger partial charge is 0.357 e. The number of carbonyl (C=O) groups is 1. The van der Waals surface area contributed by atoms with Crippen molar-refractivity contribution in [3.05, 3.63) is 0 Å². The fourth-order valence-corrected chi connectivity index (χ4v) is 2.88. The number of nitrogens with one attached hydrogen (secondary N) is 2. The van der Waals surface area contributed by atoms with Gasteiger partial charge in [0.1, 0.15) is 6.54 Å². The molecule has 2 aliphatic rings. The minimum atomic E-state index is 0. The van der Waals surface area contributed by atoms with E-state index in [-0.39, 0.29) is 36.4 Å². The van der Waals surface area contributed by atoms with E-state index in [1.807, 2.05) is 6.92 Å². The van der Waals surface area contributed by atoms with Gasteiger partial charge in [0.05, 0.1) is 0 Å². The van der Waals surface area contributed by atoms with E-state index in [1.165, 1.54) is 12.8 Å². The first-order valence-electron chi connectivity index (χ1n) is 8.02. The summed E-state index contributed by atoms with van der Waals surface area (Å²) < 4.78 is 0. The molecule has 0 aromatic carbocycles. The van der Waals surface area contributed by atoms with E-state index in [9.17, 15) is 4.79 Å². The summed E-state index contributed by atoms with van der Waals surface area (Å²) in [5.74, 6) is 0.772. The smallest absolute Gasteiger partial charge is 0.243 e. The molecule has 0 aromatic rings. The number of likely N-dealkylation sites (N-methyl/N-ethyl adjacent to an activating group) is 1. The van der Waals surface area contributed by atoms with Crippen LogP contribution < -0.4 is 10.6 Å². The molecule has 1 saturated carbocycles. The van der Waals surface area contributed by atoms with E-state index in [4.69, 9.17) is 0 Å². The third-order valence-electron chi connectivity index (χ3n) is 4.20. The van der Waals surface area contributed by atoms with Gasteiger partial charge >= 0.3 is 0 Å². The number of rotatable bonds is 5. The topological polar surface area (TPSA) is 60.0 Å². The molecule has 128 valence electrons. The third-order valence-corrected chi connectivity index (χ3v) is 4.20. The first kappa shape index (κ1) is 19.5. The molecular formula is C15H30IN5O. The molecule has 1 amide bonds. The molecule has 2 fully saturated rings. The van der Waals surface area contributed by atoms with Crippen molar-refractivity contribution < 1.29 is 4.79 Å². The summed E-state index contributed by atoms with van der Waals surface area (Å²) in [7, 11) is 3.51. The third kappa shape index (κ3) is 5.57. The van der Waals surface area contributed by atoms with Crippen molar-refractivity contribution in [1.29, 1.82) is 0 Å². The van der Waals surface area contributed by atoms with Gasteiger partial charge < -0.3 is 15.5 Å². The van der Waals surface area contributed by atoms with Gasteiger partial charge in [-0.15, -0.1) is 24.0 Å². The molecule has 7 heteroatoms. The number of halogens is 1. The lowest BCUT2D eigenvalue weighted by molar-refractivity contribution is -0.127. The summed E-state index contributed by atoms with van der Waals surface area (Å²) in [5.41, 5.74) is 0. The second-order valence-corrected chi connectivity index (χ2v) is 6.34. The van der Waals surface area contributed by atoms with Crippen molar-refractivity contribution in [2.24, 2.45) is 4.99 Å². The number of carbonyl (C=O) groups excluding carboxylic acids is 1. The normalized spacial score (nSPS) is 25.5. The standard InChI is InChI=1S/C15H29N5O.HI/c1-5-16-15(17-9-14(21)19(3)4)18-12-8-11(2)20(10-12)13-6-7-13;/h11-13H,5-10H2,1-4H3,(H2,16,17,18);1H. The van der Waals surface area contributed by atoms with Gasteiger partial charge in [-0.05, 0) is 33.1 Å². The van der Waals surface area contributed by atoms with E-state index in [0.29, 0.717) is 12.1 Å². The number of hydrogen-bond donors (Lipinski definition) is 2. The second kappa shape index (κ2) is 8.90. The maximum absolute atomic E-state index is 11.6. The van der Waals surface area contributed by atoms with Gasteiger partial charge in [0.2, 0.25) is 5.91 Å². The molecule has 0 radical (unpaired) electrons. The molecule has 1 aliphatic heterocycles. The van der Waals surface area contributed by atoms with Crippen LogP contribution in [0.3, 0.4) is 0 Å². The lowest BCUT2D eigenvalue weighted by Crippen LogP contribution is -2.45. The van der Waals surface area contributed by atoms with Crippen molar-refractivity contribution in [2.45, 2.75) is 51.2 Å². The predicted molar refractivity (Wildman–Crippen MR) is 101 cm³/mol. The Morgan fingerprint density at radius 2 is 2.05 bits per heavy atom. The van der Waals surface area contributed by atoms with E-state index in [2.05, 4.69) is 27.4 Å². The average Bonchev–Trinajstić information content (AvgIpc) is 3.20. The Morgan fingerprint density at radius 1 is 1.36 bits per heavy atom. The summed E-state index contributed by atoms with van der Waals surface area (Å²) in [5, 5.41) is 6.71. The number of likely N-dealkylation sites (tertiary alicyclic amines) is 1. The monoisotopic (exact) mass is 423 g/mol. The van der Waals surface area contributed by atoms with Crippen molar-refractivity contribution in [1.82, 2.24) is 20.4 Å². The number of amides is 1. The Kier molecular flexibility index (Phi) is 7.88. The van der Waals surface area contributed by atoms with Crippen LogP contribution in [0.2, 0.25) is 0 Å². The molecule has 2 rings (SSSR count). The molecule has 2 N–H and O–H groups in total. The summed E-state index contributed by atoms with van der Waals surface area (Å²) in [6.45, 7) is 6.42. The van der Waals surface area contributed by atoms with Gasteiger partial charge in [0.15, 0.2) is 5.96 Å². The zero-order valence-electron chi connectivity index (χ0n) is 14.1. The number of guanidine groups is 1. The quantitative estimate of drug-likeness (QED) is 0.392. The maximum Gasteiger partial charge on any atom is 0.243 e. The molecule has 0 aromatic heterocycles. The number of hydrogen-bond acceptors (Lipinski definition) is 3. The van der Waals surface area contributed by atoms with Crippen LogP contribution in [0, 0.1) is 0 Å². The van der Waals surface area contributed by atoms with Crippen molar-refractivity contribution in [3.63, 3.8) is 0 Å². The van der Waals surface area contributed by atoms with Gasteiger partial charge in [-0.25, -0.2) is 4.99 Å². The summed E-state index contributed by atoms with van der Waals surface area (Å²) in [6, 6.07) is 1.87. The Balaban J connectivity index is 0.00000242. The van der Waals surface area contributed by atoms with Crippen molar-refractivity contribution in [2.75, 3.05) is 33.7 Å². The average molecular weight is 423 g/mol. The zero-order chi connectivity index (χ0) is 15.4. The van der Waals surface area contributed by atoms with Crippen LogP contribution in [-0.2, 0) is 4.79 Å². The first-order valence-corrected chi connectivity index (χ1v) is 8.02. The van der Waals surface area contributed by atoms with Crippen molar-refractivity contribution >= 4 is 35.8 Å². The molecule has 2 unspecified atom stereocenters. The SMILES string of the molecule is CCNC(=NCC(=O)N(C)C)NC1CC(C)N(C2CC2)C1.I. The zero-order valence-corrected chi connectivity index (χ0v) is 16.5. The Hall–Kier alpha value is -0.570. The van der Waals surface area contributed by atoms with Crippen molar-refractivity contribution in [3.8, 4) is 0 Å². The highest BCUT2D eigenvalue weighted by atomic mass is 127. The van der Waals surface area contributed by atoms with Gasteiger partial charge in [-0.1, -0.05) is 0 Å². The molecule has 0 spiro atoms. The fraction of sp³-hybridized carbons (Fsp3) is 0.867. The Labute approximate surface area is 151 Å². The van der Waals surface area contributed by atoms with Gasteiger partial charge in [0.25, 0.3) is 0 Å². The highest BCUT2D eigenvalue weighted by Crippen LogP contribution is 2.33. The van der Waals surface area contributed by atoms with Crippen LogP contribution in [0.5, 0.6) is 0 Å². The highest BCUT2D eigenvalue weighted by Gasteiger charge is 2.38. The minimum Gasteiger partial charge on any atom is -0.357 e. The maximum atomic E-state index is 11.6. The summed E-state index contributed by atoms with van der Waals surface area (Å²) in [4.78, 5) is 20.2. The lowest BCUT2D eigenvalue weighted by atomic mass is 10.2. The second-order valence-electron chi connectivity index (χ2n) is 6.34. The van der Waals surface area contributed by atoms with E-state index in [0.717, 1.165) is 31.5 Å².